The average molecular weight is 322 g/mol. The predicted octanol–water partition coefficient (Wildman–Crippen LogP) is 1.91. The molecular formula is C16H34O6. The molecular weight excluding hydrogens is 288 g/mol. The first-order chi connectivity index (χ1) is 10.9. The van der Waals surface area contributed by atoms with Crippen LogP contribution in [0.15, 0.2) is 0 Å². The van der Waals surface area contributed by atoms with Crippen molar-refractivity contribution in [3.63, 3.8) is 0 Å². The van der Waals surface area contributed by atoms with Crippen molar-refractivity contribution in [3.05, 3.63) is 0 Å². The number of unbranched alkanes of at least 4 members (excludes halogenated alkanes) is 2. The summed E-state index contributed by atoms with van der Waals surface area (Å²) in [6, 6.07) is 0. The van der Waals surface area contributed by atoms with Gasteiger partial charge in [-0.2, -0.15) is 0 Å². The Morgan fingerprint density at radius 1 is 0.455 bits per heavy atom. The summed E-state index contributed by atoms with van der Waals surface area (Å²) in [6.07, 6.45) is 3.59. The Morgan fingerprint density at radius 2 is 0.818 bits per heavy atom. The summed E-state index contributed by atoms with van der Waals surface area (Å²) in [5.74, 6) is 0. The average Bonchev–Trinajstić information content (AvgIpc) is 2.54. The van der Waals surface area contributed by atoms with Crippen LogP contribution in [0.2, 0.25) is 0 Å². The van der Waals surface area contributed by atoms with E-state index in [1.807, 2.05) is 0 Å². The van der Waals surface area contributed by atoms with E-state index in [9.17, 15) is 0 Å². The van der Waals surface area contributed by atoms with Crippen LogP contribution in [0.4, 0.5) is 0 Å². The van der Waals surface area contributed by atoms with Gasteiger partial charge in [0, 0.05) is 13.7 Å². The Labute approximate surface area is 135 Å². The Morgan fingerprint density at radius 3 is 1.18 bits per heavy atom. The van der Waals surface area contributed by atoms with E-state index in [4.69, 9.17) is 28.4 Å². The monoisotopic (exact) mass is 322 g/mol. The molecule has 134 valence electrons. The molecule has 0 aliphatic rings. The van der Waals surface area contributed by atoms with Crippen LogP contribution in [0.25, 0.3) is 0 Å². The molecule has 0 saturated heterocycles. The van der Waals surface area contributed by atoms with Gasteiger partial charge in [-0.25, -0.2) is 0 Å². The highest BCUT2D eigenvalue weighted by Crippen LogP contribution is 1.93. The normalized spacial score (nSPS) is 11.2. The van der Waals surface area contributed by atoms with Crippen LogP contribution >= 0.6 is 0 Å². The molecule has 0 radical (unpaired) electrons. The second kappa shape index (κ2) is 20.8. The van der Waals surface area contributed by atoms with E-state index in [1.165, 1.54) is 12.8 Å². The zero-order valence-electron chi connectivity index (χ0n) is 14.3. The van der Waals surface area contributed by atoms with Crippen LogP contribution < -0.4 is 0 Å². The highest BCUT2D eigenvalue weighted by atomic mass is 16.6. The zero-order valence-corrected chi connectivity index (χ0v) is 14.3. The molecule has 0 saturated carbocycles. The number of methoxy groups -OCH3 is 1. The van der Waals surface area contributed by atoms with Gasteiger partial charge in [0.25, 0.3) is 0 Å². The molecule has 0 bridgehead atoms. The zero-order chi connectivity index (χ0) is 16.1. The SMILES string of the molecule is CCCCCOCCOCCOCCOCCOCCOC. The molecule has 0 aliphatic carbocycles. The third-order valence-electron chi connectivity index (χ3n) is 2.81. The van der Waals surface area contributed by atoms with Gasteiger partial charge in [0.2, 0.25) is 0 Å². The van der Waals surface area contributed by atoms with E-state index in [1.54, 1.807) is 7.11 Å². The minimum absolute atomic E-state index is 0.578. The summed E-state index contributed by atoms with van der Waals surface area (Å²) in [7, 11) is 1.65. The van der Waals surface area contributed by atoms with Crippen molar-refractivity contribution in [3.8, 4) is 0 Å². The minimum atomic E-state index is 0.578. The number of hydrogen-bond acceptors (Lipinski definition) is 6. The van der Waals surface area contributed by atoms with Crippen molar-refractivity contribution in [2.24, 2.45) is 0 Å². The maximum Gasteiger partial charge on any atom is 0.0701 e. The lowest BCUT2D eigenvalue weighted by Gasteiger charge is -2.07. The van der Waals surface area contributed by atoms with E-state index in [0.717, 1.165) is 13.0 Å². The fourth-order valence-corrected chi connectivity index (χ4v) is 1.58. The van der Waals surface area contributed by atoms with Crippen molar-refractivity contribution in [2.45, 2.75) is 26.2 Å². The van der Waals surface area contributed by atoms with Crippen LogP contribution in [0.3, 0.4) is 0 Å². The molecule has 0 atom stereocenters. The first-order valence-electron chi connectivity index (χ1n) is 8.29. The van der Waals surface area contributed by atoms with Gasteiger partial charge in [-0.1, -0.05) is 19.8 Å². The van der Waals surface area contributed by atoms with E-state index in [2.05, 4.69) is 6.92 Å². The summed E-state index contributed by atoms with van der Waals surface area (Å²) >= 11 is 0. The highest BCUT2D eigenvalue weighted by Gasteiger charge is 1.93. The van der Waals surface area contributed by atoms with Crippen molar-refractivity contribution in [2.75, 3.05) is 79.8 Å². The molecule has 0 aromatic rings. The molecule has 0 amide bonds. The lowest BCUT2D eigenvalue weighted by atomic mass is 10.3. The summed E-state index contributed by atoms with van der Waals surface area (Å²) in [5, 5.41) is 0. The van der Waals surface area contributed by atoms with Gasteiger partial charge in [0.05, 0.1) is 66.1 Å². The molecule has 0 aliphatic heterocycles. The van der Waals surface area contributed by atoms with Crippen molar-refractivity contribution >= 4 is 0 Å². The van der Waals surface area contributed by atoms with E-state index < -0.39 is 0 Å². The molecule has 0 aromatic carbocycles. The molecule has 22 heavy (non-hydrogen) atoms. The Kier molecular flexibility index (Phi) is 20.5. The molecule has 6 heteroatoms. The molecule has 0 spiro atoms. The van der Waals surface area contributed by atoms with Gasteiger partial charge in [0.15, 0.2) is 0 Å². The third kappa shape index (κ3) is 19.8. The predicted molar refractivity (Wildman–Crippen MR) is 85.5 cm³/mol. The molecule has 0 N–H and O–H groups in total. The van der Waals surface area contributed by atoms with Crippen LogP contribution in [0, 0.1) is 0 Å². The van der Waals surface area contributed by atoms with E-state index >= 15 is 0 Å². The topological polar surface area (TPSA) is 55.4 Å². The van der Waals surface area contributed by atoms with Crippen LogP contribution in [0.5, 0.6) is 0 Å². The Hall–Kier alpha value is -0.240. The van der Waals surface area contributed by atoms with Crippen molar-refractivity contribution in [1.29, 1.82) is 0 Å². The molecule has 0 heterocycles. The van der Waals surface area contributed by atoms with Crippen LogP contribution in [-0.2, 0) is 28.4 Å². The van der Waals surface area contributed by atoms with Crippen LogP contribution in [-0.4, -0.2) is 79.8 Å². The Balaban J connectivity index is 2.91. The first-order valence-corrected chi connectivity index (χ1v) is 8.29. The number of hydrogen-bond donors (Lipinski definition) is 0. The second-order valence-corrected chi connectivity index (χ2v) is 4.76. The molecule has 0 aromatic heterocycles. The minimum Gasteiger partial charge on any atom is -0.382 e. The summed E-state index contributed by atoms with van der Waals surface area (Å²) in [5.41, 5.74) is 0. The van der Waals surface area contributed by atoms with E-state index in [0.29, 0.717) is 66.1 Å². The smallest absolute Gasteiger partial charge is 0.0701 e. The summed E-state index contributed by atoms with van der Waals surface area (Å²) < 4.78 is 31.7. The summed E-state index contributed by atoms with van der Waals surface area (Å²) in [4.78, 5) is 0. The van der Waals surface area contributed by atoms with Gasteiger partial charge in [-0.3, -0.25) is 0 Å². The van der Waals surface area contributed by atoms with Crippen molar-refractivity contribution in [1.82, 2.24) is 0 Å². The maximum atomic E-state index is 5.44. The fraction of sp³-hybridized carbons (Fsp3) is 1.00. The molecule has 6 nitrogen and oxygen atoms in total. The van der Waals surface area contributed by atoms with Crippen LogP contribution in [0.1, 0.15) is 26.2 Å². The van der Waals surface area contributed by atoms with Gasteiger partial charge in [0.1, 0.15) is 0 Å². The summed E-state index contributed by atoms with van der Waals surface area (Å²) in [6.45, 7) is 9.05. The largest absolute Gasteiger partial charge is 0.382 e. The second-order valence-electron chi connectivity index (χ2n) is 4.76. The Bertz CT molecular complexity index is 171. The number of ether oxygens (including phenoxy) is 6. The lowest BCUT2D eigenvalue weighted by Crippen LogP contribution is -2.13. The molecule has 0 rings (SSSR count). The standard InChI is InChI=1S/C16H34O6/c1-3-4-5-6-18-9-10-20-13-14-22-16-15-21-12-11-19-8-7-17-2/h3-16H2,1-2H3. The highest BCUT2D eigenvalue weighted by molar-refractivity contribution is 4.38. The quantitative estimate of drug-likeness (QED) is 0.339. The molecule has 0 fully saturated rings. The van der Waals surface area contributed by atoms with Gasteiger partial charge >= 0.3 is 0 Å². The first kappa shape index (κ1) is 21.8. The fourth-order valence-electron chi connectivity index (χ4n) is 1.58. The van der Waals surface area contributed by atoms with Gasteiger partial charge < -0.3 is 28.4 Å². The third-order valence-corrected chi connectivity index (χ3v) is 2.81. The van der Waals surface area contributed by atoms with E-state index in [-0.39, 0.29) is 0 Å². The van der Waals surface area contributed by atoms with Gasteiger partial charge in [-0.15, -0.1) is 0 Å². The van der Waals surface area contributed by atoms with Crippen molar-refractivity contribution < 1.29 is 28.4 Å². The lowest BCUT2D eigenvalue weighted by molar-refractivity contribution is -0.0148. The van der Waals surface area contributed by atoms with Gasteiger partial charge in [-0.05, 0) is 6.42 Å². The maximum absolute atomic E-state index is 5.44. The molecule has 0 unspecified atom stereocenters. The number of rotatable bonds is 19.